The molecule has 0 fully saturated rings. The summed E-state index contributed by atoms with van der Waals surface area (Å²) in [7, 11) is 0. The summed E-state index contributed by atoms with van der Waals surface area (Å²) in [5.74, 6) is -1.78. The predicted octanol–water partition coefficient (Wildman–Crippen LogP) is 4.16. The number of thiocarbonyl (C=S) groups is 1. The number of hydrogen-bond acceptors (Lipinski definition) is 1. The Hall–Kier alpha value is -1.68. The number of halogens is 3. The topological polar surface area (TPSA) is 0 Å². The molecule has 18 heavy (non-hydrogen) atoms. The van der Waals surface area contributed by atoms with Gasteiger partial charge in [0.25, 0.3) is 0 Å². The van der Waals surface area contributed by atoms with Crippen LogP contribution in [0.2, 0.25) is 0 Å². The molecule has 3 rings (SSSR count). The van der Waals surface area contributed by atoms with Crippen molar-refractivity contribution in [3.63, 3.8) is 0 Å². The third-order valence-corrected chi connectivity index (χ3v) is 3.53. The Morgan fingerprint density at radius 1 is 0.833 bits per heavy atom. The van der Waals surface area contributed by atoms with Gasteiger partial charge < -0.3 is 0 Å². The second-order valence-electron chi connectivity index (χ2n) is 4.28. The molecule has 0 saturated heterocycles. The van der Waals surface area contributed by atoms with E-state index in [0.29, 0.717) is 27.1 Å². The number of hydrogen-bond donors (Lipinski definition) is 0. The van der Waals surface area contributed by atoms with E-state index in [4.69, 9.17) is 12.2 Å². The summed E-state index contributed by atoms with van der Waals surface area (Å²) < 4.78 is 40.5. The van der Waals surface area contributed by atoms with Crippen molar-refractivity contribution in [3.05, 3.63) is 58.4 Å². The fourth-order valence-electron chi connectivity index (χ4n) is 2.41. The van der Waals surface area contributed by atoms with E-state index in [-0.39, 0.29) is 5.56 Å². The van der Waals surface area contributed by atoms with Gasteiger partial charge in [0.2, 0.25) is 0 Å². The molecular formula is C14H7F3S. The molecule has 0 radical (unpaired) electrons. The number of fused-ring (bicyclic) bond motifs is 3. The molecule has 0 heterocycles. The highest BCUT2D eigenvalue weighted by molar-refractivity contribution is 7.81. The number of aryl methyl sites for hydroxylation is 1. The molecule has 0 aliphatic heterocycles. The summed E-state index contributed by atoms with van der Waals surface area (Å²) >= 11 is 5.17. The molecular weight excluding hydrogens is 257 g/mol. The molecule has 0 bridgehead atoms. The lowest BCUT2D eigenvalue weighted by Crippen LogP contribution is -1.95. The lowest BCUT2D eigenvalue weighted by molar-refractivity contribution is 0.585. The van der Waals surface area contributed by atoms with Gasteiger partial charge >= 0.3 is 0 Å². The van der Waals surface area contributed by atoms with Gasteiger partial charge in [-0.2, -0.15) is 0 Å². The SMILES string of the molecule is Cc1cc(F)cc2c1-c1c(F)cc(F)cc1C2=S. The van der Waals surface area contributed by atoms with Crippen LogP contribution in [-0.2, 0) is 0 Å². The zero-order chi connectivity index (χ0) is 13.0. The van der Waals surface area contributed by atoms with Gasteiger partial charge in [0, 0.05) is 22.8 Å². The fraction of sp³-hybridized carbons (Fsp3) is 0.0714. The Bertz CT molecular complexity index is 645. The lowest BCUT2D eigenvalue weighted by Gasteiger charge is -2.06. The Morgan fingerprint density at radius 2 is 1.39 bits per heavy atom. The van der Waals surface area contributed by atoms with Gasteiger partial charge in [-0.15, -0.1) is 0 Å². The van der Waals surface area contributed by atoms with Gasteiger partial charge in [0.15, 0.2) is 0 Å². The van der Waals surface area contributed by atoms with Crippen LogP contribution < -0.4 is 0 Å². The van der Waals surface area contributed by atoms with Crippen molar-refractivity contribution in [1.29, 1.82) is 0 Å². The van der Waals surface area contributed by atoms with E-state index >= 15 is 0 Å². The first-order valence-electron chi connectivity index (χ1n) is 5.33. The molecule has 90 valence electrons. The van der Waals surface area contributed by atoms with Gasteiger partial charge in [0.05, 0.1) is 4.86 Å². The van der Waals surface area contributed by atoms with E-state index < -0.39 is 17.5 Å². The summed E-state index contributed by atoms with van der Waals surface area (Å²) in [6.07, 6.45) is 0. The molecule has 2 aromatic carbocycles. The summed E-state index contributed by atoms with van der Waals surface area (Å²) in [6.45, 7) is 1.68. The monoisotopic (exact) mass is 264 g/mol. The smallest absolute Gasteiger partial charge is 0.134 e. The van der Waals surface area contributed by atoms with E-state index in [1.54, 1.807) is 6.92 Å². The van der Waals surface area contributed by atoms with Crippen LogP contribution in [0.4, 0.5) is 13.2 Å². The van der Waals surface area contributed by atoms with E-state index in [1.807, 2.05) is 0 Å². The molecule has 0 unspecified atom stereocenters. The lowest BCUT2D eigenvalue weighted by atomic mass is 10.00. The normalized spacial score (nSPS) is 12.6. The van der Waals surface area contributed by atoms with Crippen LogP contribution in [0, 0.1) is 24.4 Å². The van der Waals surface area contributed by atoms with Gasteiger partial charge in [-0.3, -0.25) is 0 Å². The van der Waals surface area contributed by atoms with Gasteiger partial charge in [-0.1, -0.05) is 12.2 Å². The number of rotatable bonds is 0. The van der Waals surface area contributed by atoms with Crippen molar-refractivity contribution in [3.8, 4) is 11.1 Å². The molecule has 0 nitrogen and oxygen atoms in total. The largest absolute Gasteiger partial charge is 0.207 e. The molecule has 0 aromatic heterocycles. The van der Waals surface area contributed by atoms with Crippen molar-refractivity contribution in [2.75, 3.05) is 0 Å². The van der Waals surface area contributed by atoms with Gasteiger partial charge in [0.1, 0.15) is 17.5 Å². The van der Waals surface area contributed by atoms with Crippen molar-refractivity contribution in [1.82, 2.24) is 0 Å². The zero-order valence-corrected chi connectivity index (χ0v) is 10.2. The van der Waals surface area contributed by atoms with Crippen LogP contribution in [-0.4, -0.2) is 4.86 Å². The second kappa shape index (κ2) is 3.65. The maximum Gasteiger partial charge on any atom is 0.134 e. The van der Waals surface area contributed by atoms with Crippen molar-refractivity contribution in [2.45, 2.75) is 6.92 Å². The molecule has 1 aliphatic rings. The fourth-order valence-corrected chi connectivity index (χ4v) is 2.73. The Kier molecular flexibility index (Phi) is 2.32. The van der Waals surface area contributed by atoms with E-state index in [1.165, 1.54) is 18.2 Å². The molecule has 1 aliphatic carbocycles. The van der Waals surface area contributed by atoms with Gasteiger partial charge in [-0.25, -0.2) is 13.2 Å². The van der Waals surface area contributed by atoms with Crippen LogP contribution in [0.3, 0.4) is 0 Å². The first-order chi connectivity index (χ1) is 8.49. The highest BCUT2D eigenvalue weighted by Gasteiger charge is 2.29. The summed E-state index contributed by atoms with van der Waals surface area (Å²) in [6, 6.07) is 4.60. The molecule has 2 aromatic rings. The van der Waals surface area contributed by atoms with E-state index in [2.05, 4.69) is 0 Å². The third kappa shape index (κ3) is 1.42. The standard InChI is InChI=1S/C14H7F3S/c1-6-2-7(15)3-9-12(6)13-10(14(9)18)4-8(16)5-11(13)17/h2-5H,1H3. The second-order valence-corrected chi connectivity index (χ2v) is 4.69. The summed E-state index contributed by atoms with van der Waals surface area (Å²) in [5.41, 5.74) is 2.22. The Labute approximate surface area is 107 Å². The highest BCUT2D eigenvalue weighted by Crippen LogP contribution is 2.41. The minimum absolute atomic E-state index is 0.272. The van der Waals surface area contributed by atoms with Gasteiger partial charge in [-0.05, 0) is 36.2 Å². The van der Waals surface area contributed by atoms with Crippen LogP contribution in [0.25, 0.3) is 11.1 Å². The van der Waals surface area contributed by atoms with Crippen LogP contribution in [0.5, 0.6) is 0 Å². The quantitative estimate of drug-likeness (QED) is 0.549. The first-order valence-corrected chi connectivity index (χ1v) is 5.74. The average molecular weight is 264 g/mol. The Balaban J connectivity index is 2.44. The van der Waals surface area contributed by atoms with Crippen molar-refractivity contribution < 1.29 is 13.2 Å². The van der Waals surface area contributed by atoms with Crippen LogP contribution in [0.15, 0.2) is 24.3 Å². The van der Waals surface area contributed by atoms with E-state index in [9.17, 15) is 13.2 Å². The maximum absolute atomic E-state index is 13.9. The zero-order valence-electron chi connectivity index (χ0n) is 9.35. The minimum atomic E-state index is -0.681. The third-order valence-electron chi connectivity index (χ3n) is 3.09. The molecule has 0 N–H and O–H groups in total. The molecule has 0 saturated carbocycles. The van der Waals surface area contributed by atoms with E-state index in [0.717, 1.165) is 6.07 Å². The molecule has 4 heteroatoms. The predicted molar refractivity (Wildman–Crippen MR) is 67.3 cm³/mol. The van der Waals surface area contributed by atoms with Crippen LogP contribution in [0.1, 0.15) is 16.7 Å². The summed E-state index contributed by atoms with van der Waals surface area (Å²) in [4.78, 5) is 0.293. The molecule has 0 spiro atoms. The Morgan fingerprint density at radius 3 is 2.06 bits per heavy atom. The van der Waals surface area contributed by atoms with Crippen molar-refractivity contribution >= 4 is 17.1 Å². The maximum atomic E-state index is 13.9. The highest BCUT2D eigenvalue weighted by atomic mass is 32.1. The first kappa shape index (κ1) is 11.4. The number of benzene rings is 2. The van der Waals surface area contributed by atoms with Crippen molar-refractivity contribution in [2.24, 2.45) is 0 Å². The minimum Gasteiger partial charge on any atom is -0.207 e. The average Bonchev–Trinajstić information content (AvgIpc) is 2.54. The molecule has 0 atom stereocenters. The van der Waals surface area contributed by atoms with Crippen LogP contribution >= 0.6 is 12.2 Å². The summed E-state index contributed by atoms with van der Waals surface area (Å²) in [5, 5.41) is 0. The molecule has 0 amide bonds.